The van der Waals surface area contributed by atoms with Gasteiger partial charge in [0, 0.05) is 42.7 Å². The standard InChI is InChI=1S/C28H30N6O4S/c1-17-5-6-20(11-25(17)39(4,36)37)28(35)31-14-22-12-24-21(13-30-22)7-8-23(32-24)27-29-10-9-26(33-27)34-15-18(2)38-19(3)16-34/h5-13,18-19H,14-16H2,1-4H3,(H,31,35)/t18-,19+. The van der Waals surface area contributed by atoms with Crippen LogP contribution in [0.5, 0.6) is 0 Å². The molecular formula is C28H30N6O4S. The summed E-state index contributed by atoms with van der Waals surface area (Å²) in [4.78, 5) is 33.5. The van der Waals surface area contributed by atoms with E-state index in [1.165, 1.54) is 6.07 Å². The molecule has 3 aromatic heterocycles. The van der Waals surface area contributed by atoms with Gasteiger partial charge in [-0.05, 0) is 62.7 Å². The average Bonchev–Trinajstić information content (AvgIpc) is 2.90. The van der Waals surface area contributed by atoms with E-state index in [0.717, 1.165) is 30.5 Å². The van der Waals surface area contributed by atoms with Gasteiger partial charge in [0.1, 0.15) is 11.5 Å². The van der Waals surface area contributed by atoms with Crippen LogP contribution in [0.2, 0.25) is 0 Å². The molecule has 4 aromatic rings. The van der Waals surface area contributed by atoms with Gasteiger partial charge in [0.05, 0.1) is 34.9 Å². The summed E-state index contributed by atoms with van der Waals surface area (Å²) in [6.45, 7) is 7.47. The Hall–Kier alpha value is -3.96. The van der Waals surface area contributed by atoms with E-state index >= 15 is 0 Å². The van der Waals surface area contributed by atoms with E-state index in [-0.39, 0.29) is 35.1 Å². The predicted molar refractivity (Wildman–Crippen MR) is 148 cm³/mol. The first-order valence-corrected chi connectivity index (χ1v) is 14.5. The lowest BCUT2D eigenvalue weighted by Gasteiger charge is -2.36. The lowest BCUT2D eigenvalue weighted by Crippen LogP contribution is -2.45. The number of carbonyl (C=O) groups is 1. The summed E-state index contributed by atoms with van der Waals surface area (Å²) in [5.41, 5.74) is 2.80. The Kier molecular flexibility index (Phi) is 7.28. The van der Waals surface area contributed by atoms with Gasteiger partial charge >= 0.3 is 0 Å². The summed E-state index contributed by atoms with van der Waals surface area (Å²) < 4.78 is 29.9. The number of pyridine rings is 2. The molecule has 0 spiro atoms. The fraction of sp³-hybridized carbons (Fsp3) is 0.321. The van der Waals surface area contributed by atoms with Crippen LogP contribution < -0.4 is 10.2 Å². The first-order valence-electron chi connectivity index (χ1n) is 12.7. The highest BCUT2D eigenvalue weighted by atomic mass is 32.2. The molecule has 0 saturated carbocycles. The Morgan fingerprint density at radius 2 is 1.82 bits per heavy atom. The predicted octanol–water partition coefficient (Wildman–Crippen LogP) is 3.34. The van der Waals surface area contributed by atoms with Crippen molar-refractivity contribution in [2.45, 2.75) is 44.4 Å². The number of anilines is 1. The molecule has 1 aromatic carbocycles. The molecule has 10 nitrogen and oxygen atoms in total. The lowest BCUT2D eigenvalue weighted by molar-refractivity contribution is -0.00546. The number of sulfone groups is 1. The van der Waals surface area contributed by atoms with Crippen molar-refractivity contribution in [3.63, 3.8) is 0 Å². The maximum absolute atomic E-state index is 12.7. The van der Waals surface area contributed by atoms with Crippen molar-refractivity contribution in [2.75, 3.05) is 24.2 Å². The zero-order chi connectivity index (χ0) is 27.7. The second kappa shape index (κ2) is 10.7. The first-order chi connectivity index (χ1) is 18.6. The molecule has 11 heteroatoms. The van der Waals surface area contributed by atoms with E-state index in [4.69, 9.17) is 14.7 Å². The molecular weight excluding hydrogens is 516 g/mol. The third-order valence-corrected chi connectivity index (χ3v) is 7.76. The normalized spacial score (nSPS) is 17.8. The van der Waals surface area contributed by atoms with Crippen LogP contribution in [0.1, 0.15) is 35.5 Å². The number of benzene rings is 1. The van der Waals surface area contributed by atoms with E-state index in [2.05, 4.69) is 34.0 Å². The zero-order valence-corrected chi connectivity index (χ0v) is 23.1. The van der Waals surface area contributed by atoms with Gasteiger partial charge in [-0.2, -0.15) is 0 Å². The molecule has 39 heavy (non-hydrogen) atoms. The van der Waals surface area contributed by atoms with Gasteiger partial charge in [-0.1, -0.05) is 6.07 Å². The summed E-state index contributed by atoms with van der Waals surface area (Å²) in [5, 5.41) is 3.66. The van der Waals surface area contributed by atoms with E-state index in [9.17, 15) is 13.2 Å². The molecule has 1 fully saturated rings. The van der Waals surface area contributed by atoms with Crippen molar-refractivity contribution < 1.29 is 17.9 Å². The molecule has 0 bridgehead atoms. The van der Waals surface area contributed by atoms with E-state index in [1.54, 1.807) is 31.5 Å². The maximum Gasteiger partial charge on any atom is 0.251 e. The van der Waals surface area contributed by atoms with Crippen molar-refractivity contribution in [1.29, 1.82) is 0 Å². The minimum atomic E-state index is -3.44. The first kappa shape index (κ1) is 26.6. The topological polar surface area (TPSA) is 127 Å². The van der Waals surface area contributed by atoms with E-state index in [1.807, 2.05) is 24.3 Å². The van der Waals surface area contributed by atoms with Gasteiger partial charge in [0.25, 0.3) is 5.91 Å². The molecule has 202 valence electrons. The second-order valence-electron chi connectivity index (χ2n) is 9.90. The van der Waals surface area contributed by atoms with Gasteiger partial charge < -0.3 is 15.0 Å². The minimum absolute atomic E-state index is 0.116. The van der Waals surface area contributed by atoms with Crippen molar-refractivity contribution in [3.8, 4) is 11.5 Å². The second-order valence-corrected chi connectivity index (χ2v) is 11.9. The number of fused-ring (bicyclic) bond motifs is 1. The zero-order valence-electron chi connectivity index (χ0n) is 22.2. The number of carbonyl (C=O) groups excluding carboxylic acids is 1. The van der Waals surface area contributed by atoms with Crippen LogP contribution in [0.25, 0.3) is 22.4 Å². The van der Waals surface area contributed by atoms with Crippen LogP contribution in [0.15, 0.2) is 59.8 Å². The van der Waals surface area contributed by atoms with E-state index in [0.29, 0.717) is 28.3 Å². The lowest BCUT2D eigenvalue weighted by atomic mass is 10.1. The highest BCUT2D eigenvalue weighted by Crippen LogP contribution is 2.23. The van der Waals surface area contributed by atoms with Gasteiger partial charge in [0.2, 0.25) is 0 Å². The van der Waals surface area contributed by atoms with Crippen molar-refractivity contribution in [1.82, 2.24) is 25.3 Å². The SMILES string of the molecule is Cc1ccc(C(=O)NCc2cc3nc(-c4nccc(N5C[C@@H](C)O[C@@H](C)C5)n4)ccc3cn2)cc1S(C)(=O)=O. The molecule has 1 amide bonds. The van der Waals surface area contributed by atoms with E-state index < -0.39 is 9.84 Å². The number of nitrogens with zero attached hydrogens (tertiary/aromatic N) is 5. The highest BCUT2D eigenvalue weighted by Gasteiger charge is 2.23. The Balaban J connectivity index is 1.34. The molecule has 5 rings (SSSR count). The molecule has 1 aliphatic heterocycles. The summed E-state index contributed by atoms with van der Waals surface area (Å²) in [6, 6.07) is 12.1. The third kappa shape index (κ3) is 6.04. The number of amides is 1. The summed E-state index contributed by atoms with van der Waals surface area (Å²) in [7, 11) is -3.44. The molecule has 2 atom stereocenters. The average molecular weight is 547 g/mol. The number of ether oxygens (including phenoxy) is 1. The summed E-state index contributed by atoms with van der Waals surface area (Å²) in [5.74, 6) is 0.964. The van der Waals surface area contributed by atoms with Crippen LogP contribution in [0.3, 0.4) is 0 Å². The smallest absolute Gasteiger partial charge is 0.251 e. The van der Waals surface area contributed by atoms with Crippen LogP contribution in [-0.2, 0) is 21.1 Å². The number of aromatic nitrogens is 4. The number of hydrogen-bond acceptors (Lipinski definition) is 9. The summed E-state index contributed by atoms with van der Waals surface area (Å²) >= 11 is 0. The quantitative estimate of drug-likeness (QED) is 0.387. The van der Waals surface area contributed by atoms with Crippen LogP contribution in [-0.4, -0.2) is 65.8 Å². The minimum Gasteiger partial charge on any atom is -0.372 e. The number of morpholine rings is 1. The fourth-order valence-electron chi connectivity index (χ4n) is 4.71. The Morgan fingerprint density at radius 1 is 1.05 bits per heavy atom. The van der Waals surface area contributed by atoms with Crippen LogP contribution >= 0.6 is 0 Å². The Bertz CT molecular complexity index is 1650. The highest BCUT2D eigenvalue weighted by molar-refractivity contribution is 7.90. The molecule has 1 saturated heterocycles. The van der Waals surface area contributed by atoms with Gasteiger partial charge in [0.15, 0.2) is 15.7 Å². The molecule has 1 N–H and O–H groups in total. The molecule has 0 aliphatic carbocycles. The largest absolute Gasteiger partial charge is 0.372 e. The summed E-state index contributed by atoms with van der Waals surface area (Å²) in [6.07, 6.45) is 4.80. The Morgan fingerprint density at radius 3 is 2.56 bits per heavy atom. The van der Waals surface area contributed by atoms with Gasteiger partial charge in [-0.3, -0.25) is 9.78 Å². The third-order valence-electron chi connectivity index (χ3n) is 6.52. The molecule has 0 radical (unpaired) electrons. The van der Waals surface area contributed by atoms with Crippen LogP contribution in [0, 0.1) is 6.92 Å². The molecule has 4 heterocycles. The monoisotopic (exact) mass is 546 g/mol. The van der Waals surface area contributed by atoms with Gasteiger partial charge in [-0.25, -0.2) is 23.4 Å². The van der Waals surface area contributed by atoms with Gasteiger partial charge in [-0.15, -0.1) is 0 Å². The fourth-order valence-corrected chi connectivity index (χ4v) is 5.70. The van der Waals surface area contributed by atoms with Crippen molar-refractivity contribution in [3.05, 3.63) is 71.7 Å². The molecule has 0 unspecified atom stereocenters. The maximum atomic E-state index is 12.7. The number of aryl methyl sites for hydroxylation is 1. The molecule has 1 aliphatic rings. The number of rotatable bonds is 6. The van der Waals surface area contributed by atoms with Crippen molar-refractivity contribution >= 4 is 32.5 Å². The Labute approximate surface area is 227 Å². The number of nitrogens with one attached hydrogen (secondary N) is 1. The number of hydrogen-bond donors (Lipinski definition) is 1. The van der Waals surface area contributed by atoms with Crippen LogP contribution in [0.4, 0.5) is 5.82 Å². The van der Waals surface area contributed by atoms with Crippen molar-refractivity contribution in [2.24, 2.45) is 0 Å².